The largest absolute Gasteiger partial charge is 0.329 e. The molecule has 4 aromatic rings. The quantitative estimate of drug-likeness (QED) is 0.484. The van der Waals surface area contributed by atoms with Gasteiger partial charge in [-0.05, 0) is 55.7 Å². The molecule has 0 saturated carbocycles. The van der Waals surface area contributed by atoms with E-state index in [9.17, 15) is 8.42 Å². The van der Waals surface area contributed by atoms with Gasteiger partial charge in [-0.25, -0.2) is 18.5 Å². The third-order valence-corrected chi connectivity index (χ3v) is 5.52. The van der Waals surface area contributed by atoms with Gasteiger partial charge in [-0.2, -0.15) is 10.1 Å². The third-order valence-electron chi connectivity index (χ3n) is 4.55. The van der Waals surface area contributed by atoms with Crippen LogP contribution in [-0.2, 0) is 17.1 Å². The van der Waals surface area contributed by atoms with Crippen molar-refractivity contribution in [2.75, 3.05) is 17.3 Å². The van der Waals surface area contributed by atoms with Gasteiger partial charge in [-0.3, -0.25) is 4.68 Å². The molecule has 2 aromatic carbocycles. The maximum absolute atomic E-state index is 12.1. The van der Waals surface area contributed by atoms with Gasteiger partial charge in [-0.15, -0.1) is 0 Å². The Labute approximate surface area is 191 Å². The summed E-state index contributed by atoms with van der Waals surface area (Å²) in [6, 6.07) is -2.95. The maximum Gasteiger partial charge on any atom is 0.238 e. The normalized spacial score (nSPS) is 15.3. The zero-order valence-electron chi connectivity index (χ0n) is 25.0. The number of rotatable bonds is 5. The Balaban J connectivity index is 1.90. The molecule has 10 heteroatoms. The Kier molecular flexibility index (Phi) is 3.21. The summed E-state index contributed by atoms with van der Waals surface area (Å²) in [5, 5.41) is 12.4. The summed E-state index contributed by atoms with van der Waals surface area (Å²) in [5.41, 5.74) is 0.0166. The van der Waals surface area contributed by atoms with Gasteiger partial charge < -0.3 is 10.2 Å². The molecule has 0 saturated heterocycles. The molecular formula is C21H23N7O2S. The highest BCUT2D eigenvalue weighted by Crippen LogP contribution is 2.28. The zero-order chi connectivity index (χ0) is 29.3. The minimum Gasteiger partial charge on any atom is -0.329 e. The zero-order valence-corrected chi connectivity index (χ0v) is 17.9. The molecule has 0 aliphatic heterocycles. The molecular weight excluding hydrogens is 414 g/mol. The van der Waals surface area contributed by atoms with E-state index in [4.69, 9.17) is 16.1 Å². The molecule has 4 rings (SSSR count). The number of hydrogen-bond donors (Lipinski definition) is 2. The number of nitrogens with two attached hydrogens (primary N) is 1. The number of nitrogens with one attached hydrogen (secondary N) is 1. The predicted octanol–water partition coefficient (Wildman–Crippen LogP) is 3.14. The fourth-order valence-electron chi connectivity index (χ4n) is 2.79. The van der Waals surface area contributed by atoms with Gasteiger partial charge in [0.1, 0.15) is 5.82 Å². The highest BCUT2D eigenvalue weighted by molar-refractivity contribution is 7.89. The average Bonchev–Trinajstić information content (AvgIpc) is 3.14. The average molecular weight is 446 g/mol. The lowest BCUT2D eigenvalue weighted by atomic mass is 10.2. The Morgan fingerprint density at radius 2 is 1.94 bits per heavy atom. The smallest absolute Gasteiger partial charge is 0.238 e. The van der Waals surface area contributed by atoms with E-state index in [-0.39, 0.29) is 40.7 Å². The van der Waals surface area contributed by atoms with E-state index in [0.29, 0.717) is 11.1 Å². The summed E-state index contributed by atoms with van der Waals surface area (Å²) in [6.45, 7) is 2.96. The van der Waals surface area contributed by atoms with Crippen molar-refractivity contribution in [3.8, 4) is 0 Å². The summed E-state index contributed by atoms with van der Waals surface area (Å²) in [7, 11) is -1.41. The van der Waals surface area contributed by atoms with Crippen LogP contribution in [0.5, 0.6) is 0 Å². The Bertz CT molecular complexity index is 1810. The molecule has 0 fully saturated rings. The van der Waals surface area contributed by atoms with E-state index < -0.39 is 56.9 Å². The number of benzene rings is 2. The highest BCUT2D eigenvalue weighted by atomic mass is 32.2. The van der Waals surface area contributed by atoms with Crippen LogP contribution in [0.1, 0.15) is 22.2 Å². The van der Waals surface area contributed by atoms with Crippen molar-refractivity contribution in [3.05, 3.63) is 59.7 Å². The number of sulfonamides is 1. The minimum atomic E-state index is -4.44. The predicted molar refractivity (Wildman–Crippen MR) is 121 cm³/mol. The number of fused-ring (bicyclic) bond motifs is 1. The van der Waals surface area contributed by atoms with E-state index in [0.717, 1.165) is 0 Å². The number of primary sulfonamides is 1. The lowest BCUT2D eigenvalue weighted by Crippen LogP contribution is -2.14. The van der Waals surface area contributed by atoms with E-state index in [2.05, 4.69) is 20.4 Å². The Hall–Kier alpha value is -3.50. The number of anilines is 4. The van der Waals surface area contributed by atoms with E-state index in [1.165, 1.54) is 23.6 Å². The second-order valence-electron chi connectivity index (χ2n) is 6.70. The number of nitrogens with zero attached hydrogens (tertiary/aromatic N) is 5. The second kappa shape index (κ2) is 7.64. The van der Waals surface area contributed by atoms with E-state index >= 15 is 0 Å². The minimum absolute atomic E-state index is 0.106. The van der Waals surface area contributed by atoms with Crippen LogP contribution in [0.2, 0.25) is 0 Å². The SMILES string of the molecule is [2H]c1nc(Nc2c([2H])c([2H])c(C)c(S(N)(=O)=O)c2[2H])nc(N(C)c2c([2H])c([2H])c3c(C)n(C)nc3c2[2H])c1[2H]. The molecule has 0 aliphatic rings. The fraction of sp³-hybridized carbons (Fsp3) is 0.190. The van der Waals surface area contributed by atoms with Crippen molar-refractivity contribution in [3.63, 3.8) is 0 Å². The monoisotopic (exact) mass is 445 g/mol. The molecule has 0 amide bonds. The first-order chi connectivity index (χ1) is 18.0. The molecule has 0 radical (unpaired) electrons. The maximum atomic E-state index is 12.1. The van der Waals surface area contributed by atoms with Gasteiger partial charge in [0.05, 0.1) is 21.4 Å². The number of hydrogen-bond acceptors (Lipinski definition) is 7. The second-order valence-corrected chi connectivity index (χ2v) is 8.20. The van der Waals surface area contributed by atoms with Crippen LogP contribution in [-0.4, -0.2) is 35.2 Å². The summed E-state index contributed by atoms with van der Waals surface area (Å²) in [4.78, 5) is 8.52. The van der Waals surface area contributed by atoms with Gasteiger partial charge in [0, 0.05) is 42.7 Å². The molecule has 160 valence electrons. The van der Waals surface area contributed by atoms with Crippen molar-refractivity contribution in [1.29, 1.82) is 0 Å². The van der Waals surface area contributed by atoms with Crippen LogP contribution in [0.4, 0.5) is 23.1 Å². The van der Waals surface area contributed by atoms with Gasteiger partial charge in [0.15, 0.2) is 0 Å². The number of aryl methyl sites for hydroxylation is 2. The van der Waals surface area contributed by atoms with Crippen LogP contribution in [0.3, 0.4) is 0 Å². The first kappa shape index (κ1) is 13.0. The van der Waals surface area contributed by atoms with Crippen LogP contribution in [0.15, 0.2) is 53.4 Å². The van der Waals surface area contributed by atoms with E-state index in [1.54, 1.807) is 14.0 Å². The van der Waals surface area contributed by atoms with Gasteiger partial charge in [0.2, 0.25) is 16.0 Å². The molecule has 2 aromatic heterocycles. The van der Waals surface area contributed by atoms with Gasteiger partial charge >= 0.3 is 0 Å². The Morgan fingerprint density at radius 1 is 1.16 bits per heavy atom. The van der Waals surface area contributed by atoms with Crippen molar-refractivity contribution >= 4 is 44.1 Å². The van der Waals surface area contributed by atoms with Gasteiger partial charge in [-0.1, -0.05) is 6.04 Å². The summed E-state index contributed by atoms with van der Waals surface area (Å²) < 4.78 is 92.5. The molecule has 0 bridgehead atoms. The standard InChI is InChI=1S/C21H23N7O2S/c1-13-5-6-15(11-19(13)31(22,29)30)24-21-23-10-9-20(25-21)27(3)16-7-8-17-14(2)28(4)26-18(17)12-16/h5-12H,1-4H3,(H2,22,29,30)(H,23,24,25)/i5D,6D,7D,8D,9D,10D,11D,12D. The summed E-state index contributed by atoms with van der Waals surface area (Å²) in [6.07, 6.45) is -0.601. The van der Waals surface area contributed by atoms with Crippen molar-refractivity contribution < 1.29 is 19.4 Å². The van der Waals surface area contributed by atoms with Crippen LogP contribution < -0.4 is 15.4 Å². The molecule has 2 heterocycles. The molecule has 0 aliphatic carbocycles. The van der Waals surface area contributed by atoms with Crippen LogP contribution in [0.25, 0.3) is 10.9 Å². The lowest BCUT2D eigenvalue weighted by molar-refractivity contribution is 0.597. The van der Waals surface area contributed by atoms with Crippen LogP contribution >= 0.6 is 0 Å². The fourth-order valence-corrected chi connectivity index (χ4v) is 3.52. The van der Waals surface area contributed by atoms with E-state index in [1.807, 2.05) is 0 Å². The van der Waals surface area contributed by atoms with Crippen molar-refractivity contribution in [1.82, 2.24) is 19.7 Å². The molecule has 3 N–H and O–H groups in total. The first-order valence-corrected chi connectivity index (χ1v) is 10.5. The highest BCUT2D eigenvalue weighted by Gasteiger charge is 2.14. The van der Waals surface area contributed by atoms with Gasteiger partial charge in [0.25, 0.3) is 0 Å². The topological polar surface area (TPSA) is 119 Å². The van der Waals surface area contributed by atoms with Crippen molar-refractivity contribution in [2.45, 2.75) is 18.7 Å². The molecule has 31 heavy (non-hydrogen) atoms. The first-order valence-electron chi connectivity index (χ1n) is 12.9. The third kappa shape index (κ3) is 4.07. The Morgan fingerprint density at radius 3 is 2.68 bits per heavy atom. The summed E-state index contributed by atoms with van der Waals surface area (Å²) >= 11 is 0. The molecule has 0 unspecified atom stereocenters. The van der Waals surface area contributed by atoms with Crippen LogP contribution in [0, 0.1) is 13.8 Å². The van der Waals surface area contributed by atoms with Crippen molar-refractivity contribution in [2.24, 2.45) is 12.2 Å². The molecule has 0 spiro atoms. The summed E-state index contributed by atoms with van der Waals surface area (Å²) in [5.74, 6) is -0.670. The lowest BCUT2D eigenvalue weighted by Gasteiger charge is -2.19. The molecule has 9 nitrogen and oxygen atoms in total. The molecule has 0 atom stereocenters. The number of aromatic nitrogens is 4.